The summed E-state index contributed by atoms with van der Waals surface area (Å²) >= 11 is 0. The summed E-state index contributed by atoms with van der Waals surface area (Å²) in [6.07, 6.45) is 6.38. The van der Waals surface area contributed by atoms with Crippen LogP contribution < -0.4 is 0 Å². The Balaban J connectivity index is 0.000000404. The van der Waals surface area contributed by atoms with Crippen molar-refractivity contribution in [1.29, 1.82) is 0 Å². The normalized spacial score (nSPS) is 21.7. The van der Waals surface area contributed by atoms with Crippen molar-refractivity contribution < 1.29 is 4.39 Å². The Kier molecular flexibility index (Phi) is 3.03. The molecule has 15 heavy (non-hydrogen) atoms. The lowest BCUT2D eigenvalue weighted by atomic mass is 10.1. The quantitative estimate of drug-likeness (QED) is 0.636. The number of rotatable bonds is 0. The summed E-state index contributed by atoms with van der Waals surface area (Å²) in [5, 5.41) is 0. The van der Waals surface area contributed by atoms with E-state index in [-0.39, 0.29) is 0 Å². The molecule has 1 heterocycles. The summed E-state index contributed by atoms with van der Waals surface area (Å²) < 4.78 is 9.50. The van der Waals surface area contributed by atoms with E-state index in [0.29, 0.717) is 13.1 Å². The third kappa shape index (κ3) is 1.77. The summed E-state index contributed by atoms with van der Waals surface area (Å²) in [4.78, 5) is 4.81. The number of pyridine rings is 1. The van der Waals surface area contributed by atoms with E-state index >= 15 is 0 Å². The number of hydrogen-bond donors (Lipinski definition) is 0. The third-order valence-corrected chi connectivity index (χ3v) is 3.48. The Bertz CT molecular complexity index is 360. The van der Waals surface area contributed by atoms with Crippen LogP contribution in [-0.2, 0) is 19.3 Å². The summed E-state index contributed by atoms with van der Waals surface area (Å²) in [6, 6.07) is 2.42. The molecule has 1 unspecified atom stereocenters. The van der Waals surface area contributed by atoms with E-state index in [1.165, 1.54) is 54.6 Å². The SMILES string of the molecule is CC1CCc2cc3c(nc21)CCC3.CF. The van der Waals surface area contributed by atoms with E-state index in [1.54, 1.807) is 0 Å². The first-order valence-corrected chi connectivity index (χ1v) is 5.74. The van der Waals surface area contributed by atoms with Crippen molar-refractivity contribution >= 4 is 0 Å². The molecule has 2 aliphatic carbocycles. The predicted molar refractivity (Wildman–Crippen MR) is 60.0 cm³/mol. The molecule has 0 aliphatic heterocycles. The third-order valence-electron chi connectivity index (χ3n) is 3.48. The zero-order valence-corrected chi connectivity index (χ0v) is 9.52. The van der Waals surface area contributed by atoms with E-state index in [1.807, 2.05) is 0 Å². The van der Waals surface area contributed by atoms with Crippen LogP contribution in [0.2, 0.25) is 0 Å². The summed E-state index contributed by atoms with van der Waals surface area (Å²) in [7, 11) is 0.500. The highest BCUT2D eigenvalue weighted by atomic mass is 19.1. The molecule has 0 saturated heterocycles. The van der Waals surface area contributed by atoms with Crippen LogP contribution in [0.25, 0.3) is 0 Å². The van der Waals surface area contributed by atoms with Gasteiger partial charge >= 0.3 is 0 Å². The van der Waals surface area contributed by atoms with Gasteiger partial charge in [0.15, 0.2) is 0 Å². The molecule has 0 bridgehead atoms. The molecule has 0 spiro atoms. The number of fused-ring (bicyclic) bond motifs is 2. The fourth-order valence-corrected chi connectivity index (χ4v) is 2.67. The molecule has 3 rings (SSSR count). The van der Waals surface area contributed by atoms with Crippen molar-refractivity contribution in [2.75, 3.05) is 7.18 Å². The summed E-state index contributed by atoms with van der Waals surface area (Å²) in [6.45, 7) is 2.31. The fourth-order valence-electron chi connectivity index (χ4n) is 2.67. The maximum atomic E-state index is 9.50. The number of aryl methyl sites for hydroxylation is 3. The highest BCUT2D eigenvalue weighted by Crippen LogP contribution is 2.34. The Hall–Kier alpha value is -0.920. The number of halogens is 1. The highest BCUT2D eigenvalue weighted by Gasteiger charge is 2.23. The van der Waals surface area contributed by atoms with Gasteiger partial charge in [-0.3, -0.25) is 9.37 Å². The molecule has 1 aromatic heterocycles. The first-order chi connectivity index (χ1) is 7.34. The van der Waals surface area contributed by atoms with Crippen molar-refractivity contribution in [3.8, 4) is 0 Å². The van der Waals surface area contributed by atoms with Crippen LogP contribution in [0.15, 0.2) is 6.07 Å². The van der Waals surface area contributed by atoms with Gasteiger partial charge in [0, 0.05) is 11.4 Å². The lowest BCUT2D eigenvalue weighted by molar-refractivity contribution is 0.636. The molecule has 0 saturated carbocycles. The molecule has 0 aromatic carbocycles. The largest absolute Gasteiger partial charge is 0.257 e. The van der Waals surface area contributed by atoms with Crippen LogP contribution in [-0.4, -0.2) is 12.2 Å². The van der Waals surface area contributed by atoms with Crippen LogP contribution in [0.5, 0.6) is 0 Å². The smallest absolute Gasteiger partial charge is 0.0785 e. The van der Waals surface area contributed by atoms with Crippen LogP contribution >= 0.6 is 0 Å². The zero-order chi connectivity index (χ0) is 10.8. The molecule has 2 heteroatoms. The molecule has 0 amide bonds. The standard InChI is InChI=1S/C12H15N.CH3F/c1-8-5-6-10-7-9-3-2-4-11(9)13-12(8)10;1-2/h7-8H,2-6H2,1H3;1H3. The van der Waals surface area contributed by atoms with Gasteiger partial charge in [-0.25, -0.2) is 0 Å². The van der Waals surface area contributed by atoms with Gasteiger partial charge in [-0.2, -0.15) is 0 Å². The van der Waals surface area contributed by atoms with Gasteiger partial charge in [0.1, 0.15) is 0 Å². The van der Waals surface area contributed by atoms with Crippen molar-refractivity contribution in [3.05, 3.63) is 28.6 Å². The molecule has 82 valence electrons. The van der Waals surface area contributed by atoms with Crippen molar-refractivity contribution in [1.82, 2.24) is 4.98 Å². The van der Waals surface area contributed by atoms with E-state index in [0.717, 1.165) is 0 Å². The Morgan fingerprint density at radius 2 is 2.00 bits per heavy atom. The molecule has 2 aliphatic rings. The monoisotopic (exact) mass is 207 g/mol. The molecule has 0 fully saturated rings. The molecule has 1 atom stereocenters. The second-order valence-corrected chi connectivity index (χ2v) is 4.43. The molecule has 1 aromatic rings. The highest BCUT2D eigenvalue weighted by molar-refractivity contribution is 5.37. The predicted octanol–water partition coefficient (Wildman–Crippen LogP) is 3.21. The Morgan fingerprint density at radius 3 is 2.80 bits per heavy atom. The number of hydrogen-bond acceptors (Lipinski definition) is 1. The zero-order valence-electron chi connectivity index (χ0n) is 9.52. The minimum Gasteiger partial charge on any atom is -0.257 e. The Morgan fingerprint density at radius 1 is 1.20 bits per heavy atom. The minimum absolute atomic E-state index is 0.500. The number of aromatic nitrogens is 1. The van der Waals surface area contributed by atoms with Crippen LogP contribution in [0.3, 0.4) is 0 Å². The van der Waals surface area contributed by atoms with E-state index in [9.17, 15) is 4.39 Å². The van der Waals surface area contributed by atoms with Gasteiger partial charge in [-0.15, -0.1) is 0 Å². The average molecular weight is 207 g/mol. The summed E-state index contributed by atoms with van der Waals surface area (Å²) in [5.41, 5.74) is 5.87. The average Bonchev–Trinajstić information content (AvgIpc) is 2.86. The van der Waals surface area contributed by atoms with Gasteiger partial charge < -0.3 is 0 Å². The van der Waals surface area contributed by atoms with E-state index in [4.69, 9.17) is 4.98 Å². The second-order valence-electron chi connectivity index (χ2n) is 4.43. The van der Waals surface area contributed by atoms with Gasteiger partial charge in [0.25, 0.3) is 0 Å². The molecule has 0 radical (unpaired) electrons. The molecular weight excluding hydrogens is 189 g/mol. The molecular formula is C13H18FN. The van der Waals surface area contributed by atoms with Crippen molar-refractivity contribution in [2.45, 2.75) is 44.9 Å². The van der Waals surface area contributed by atoms with Gasteiger partial charge in [-0.05, 0) is 49.1 Å². The van der Waals surface area contributed by atoms with Crippen molar-refractivity contribution in [2.24, 2.45) is 0 Å². The maximum absolute atomic E-state index is 9.50. The lowest BCUT2D eigenvalue weighted by Crippen LogP contribution is -1.97. The van der Waals surface area contributed by atoms with Crippen LogP contribution in [0.1, 0.15) is 48.2 Å². The van der Waals surface area contributed by atoms with Crippen molar-refractivity contribution in [3.63, 3.8) is 0 Å². The Labute approximate surface area is 90.7 Å². The van der Waals surface area contributed by atoms with Gasteiger partial charge in [0.2, 0.25) is 0 Å². The maximum Gasteiger partial charge on any atom is 0.0785 e. The first kappa shape index (κ1) is 10.6. The van der Waals surface area contributed by atoms with Gasteiger partial charge in [-0.1, -0.05) is 13.0 Å². The first-order valence-electron chi connectivity index (χ1n) is 5.74. The lowest BCUT2D eigenvalue weighted by Gasteiger charge is -2.06. The second kappa shape index (κ2) is 4.30. The molecule has 0 N–H and O–H groups in total. The van der Waals surface area contributed by atoms with E-state index in [2.05, 4.69) is 13.0 Å². The number of nitrogens with zero attached hydrogens (tertiary/aromatic N) is 1. The number of alkyl halides is 1. The van der Waals surface area contributed by atoms with Crippen LogP contribution in [0, 0.1) is 0 Å². The minimum atomic E-state index is 0.500. The summed E-state index contributed by atoms with van der Waals surface area (Å²) in [5.74, 6) is 0.709. The van der Waals surface area contributed by atoms with Crippen LogP contribution in [0.4, 0.5) is 4.39 Å². The fraction of sp³-hybridized carbons (Fsp3) is 0.615. The van der Waals surface area contributed by atoms with Gasteiger partial charge in [0.05, 0.1) is 7.18 Å². The topological polar surface area (TPSA) is 12.9 Å². The van der Waals surface area contributed by atoms with E-state index < -0.39 is 0 Å². The molecule has 1 nitrogen and oxygen atoms in total.